The normalized spacial score (nSPS) is 14.9. The molecule has 1 aliphatic heterocycles. The third kappa shape index (κ3) is 5.48. The summed E-state index contributed by atoms with van der Waals surface area (Å²) in [6, 6.07) is 3.75. The van der Waals surface area contributed by atoms with Crippen LogP contribution in [0.5, 0.6) is 0 Å². The summed E-state index contributed by atoms with van der Waals surface area (Å²) in [6.45, 7) is 5.24. The maximum Gasteiger partial charge on any atom is 0.315 e. The Kier molecular flexibility index (Phi) is 7.45. The molecule has 2 N–H and O–H groups in total. The summed E-state index contributed by atoms with van der Waals surface area (Å²) >= 11 is 6.33. The number of methoxy groups -OCH3 is 1. The monoisotopic (exact) mass is 584 g/mol. The van der Waals surface area contributed by atoms with Gasteiger partial charge in [0.2, 0.25) is 11.8 Å². The number of amides is 2. The number of hydrogen-bond acceptors (Lipinski definition) is 10. The summed E-state index contributed by atoms with van der Waals surface area (Å²) in [4.78, 5) is 41.3. The number of hydrogen-bond donors (Lipinski definition) is 2. The van der Waals surface area contributed by atoms with Crippen LogP contribution in [0.2, 0.25) is 5.02 Å². The SMILES string of the molecule is COC1=NN(c2ncccc2Cl)C(C(=O)Nc2c(C)cc3cn(-c4nc(F)nc(F)n4)nc3c2C(=O)NC(C)C)C1. The Balaban J connectivity index is 1.59. The summed E-state index contributed by atoms with van der Waals surface area (Å²) in [6.07, 6.45) is 0.370. The molecule has 4 aromatic rings. The minimum atomic E-state index is -1.33. The van der Waals surface area contributed by atoms with Gasteiger partial charge in [-0.15, -0.1) is 5.10 Å². The van der Waals surface area contributed by atoms with Gasteiger partial charge in [0.05, 0.1) is 29.8 Å². The molecule has 16 heteroatoms. The van der Waals surface area contributed by atoms with Crippen LogP contribution in [0.4, 0.5) is 20.3 Å². The molecule has 5 rings (SSSR count). The zero-order valence-electron chi connectivity index (χ0n) is 22.2. The first kappa shape index (κ1) is 27.8. The van der Waals surface area contributed by atoms with Gasteiger partial charge in [-0.3, -0.25) is 9.59 Å². The van der Waals surface area contributed by atoms with Crippen molar-refractivity contribution < 1.29 is 23.1 Å². The lowest BCUT2D eigenvalue weighted by Gasteiger charge is -2.23. The second-order valence-corrected chi connectivity index (χ2v) is 9.72. The molecule has 4 heterocycles. The van der Waals surface area contributed by atoms with E-state index in [1.807, 2.05) is 0 Å². The Morgan fingerprint density at radius 3 is 2.59 bits per heavy atom. The number of nitrogens with zero attached hydrogens (tertiary/aromatic N) is 8. The number of carbonyl (C=O) groups is 2. The molecule has 13 nitrogen and oxygen atoms in total. The molecule has 0 saturated heterocycles. The molecular formula is C25H23ClF2N10O3. The topological polar surface area (TPSA) is 152 Å². The maximum atomic E-state index is 13.7. The van der Waals surface area contributed by atoms with Crippen LogP contribution in [-0.2, 0) is 9.53 Å². The van der Waals surface area contributed by atoms with Gasteiger partial charge in [-0.2, -0.15) is 28.8 Å². The van der Waals surface area contributed by atoms with E-state index >= 15 is 0 Å². The van der Waals surface area contributed by atoms with Crippen LogP contribution in [-0.4, -0.2) is 66.6 Å². The van der Waals surface area contributed by atoms with E-state index in [0.717, 1.165) is 4.68 Å². The van der Waals surface area contributed by atoms with E-state index in [9.17, 15) is 18.4 Å². The van der Waals surface area contributed by atoms with Crippen molar-refractivity contribution in [2.45, 2.75) is 39.3 Å². The highest BCUT2D eigenvalue weighted by molar-refractivity contribution is 6.33. The molecule has 0 bridgehead atoms. The minimum absolute atomic E-state index is 0.0316. The molecule has 0 fully saturated rings. The molecule has 0 spiro atoms. The summed E-state index contributed by atoms with van der Waals surface area (Å²) < 4.78 is 33.7. The first-order valence-electron chi connectivity index (χ1n) is 12.3. The summed E-state index contributed by atoms with van der Waals surface area (Å²) in [5.74, 6) is -0.950. The summed E-state index contributed by atoms with van der Waals surface area (Å²) in [7, 11) is 1.43. The number of nitrogens with one attached hydrogen (secondary N) is 2. The van der Waals surface area contributed by atoms with Gasteiger partial charge in [-0.1, -0.05) is 11.6 Å². The number of rotatable bonds is 6. The van der Waals surface area contributed by atoms with Crippen LogP contribution in [0.15, 0.2) is 35.7 Å². The number of fused-ring (bicyclic) bond motifs is 1. The van der Waals surface area contributed by atoms with Gasteiger partial charge >= 0.3 is 12.2 Å². The summed E-state index contributed by atoms with van der Waals surface area (Å²) in [5.41, 5.74) is 0.858. The van der Waals surface area contributed by atoms with E-state index in [1.165, 1.54) is 24.5 Å². The van der Waals surface area contributed by atoms with Crippen molar-refractivity contribution in [1.29, 1.82) is 0 Å². The Morgan fingerprint density at radius 2 is 1.93 bits per heavy atom. The quantitative estimate of drug-likeness (QED) is 0.348. The van der Waals surface area contributed by atoms with Gasteiger partial charge in [-0.05, 0) is 44.5 Å². The van der Waals surface area contributed by atoms with E-state index in [0.29, 0.717) is 10.9 Å². The molecule has 2 amide bonds. The number of hydrazone groups is 1. The first-order valence-corrected chi connectivity index (χ1v) is 12.7. The molecule has 41 heavy (non-hydrogen) atoms. The molecule has 1 aliphatic rings. The van der Waals surface area contributed by atoms with Crippen LogP contribution >= 0.6 is 11.6 Å². The number of aryl methyl sites for hydroxylation is 1. The summed E-state index contributed by atoms with van der Waals surface area (Å²) in [5, 5.41) is 16.4. The molecule has 3 aromatic heterocycles. The van der Waals surface area contributed by atoms with Crippen molar-refractivity contribution in [1.82, 2.24) is 35.0 Å². The fourth-order valence-corrected chi connectivity index (χ4v) is 4.51. The highest BCUT2D eigenvalue weighted by Crippen LogP contribution is 2.33. The fourth-order valence-electron chi connectivity index (χ4n) is 4.30. The number of halogens is 3. The molecular weight excluding hydrogens is 562 g/mol. The van der Waals surface area contributed by atoms with Crippen molar-refractivity contribution in [3.63, 3.8) is 0 Å². The van der Waals surface area contributed by atoms with Crippen LogP contribution in [0.3, 0.4) is 0 Å². The molecule has 1 unspecified atom stereocenters. The zero-order valence-corrected chi connectivity index (χ0v) is 22.9. The zero-order chi connectivity index (χ0) is 29.4. The largest absolute Gasteiger partial charge is 0.483 e. The average molecular weight is 585 g/mol. The van der Waals surface area contributed by atoms with E-state index in [2.05, 4.69) is 40.8 Å². The first-order chi connectivity index (χ1) is 19.5. The lowest BCUT2D eigenvalue weighted by molar-refractivity contribution is -0.117. The molecule has 212 valence electrons. The number of pyridine rings is 1. The Hall–Kier alpha value is -4.79. The van der Waals surface area contributed by atoms with Crippen LogP contribution in [0.1, 0.15) is 36.2 Å². The van der Waals surface area contributed by atoms with Gasteiger partial charge in [0.1, 0.15) is 11.6 Å². The number of carbonyl (C=O) groups excluding carboxylic acids is 2. The molecule has 1 aromatic carbocycles. The van der Waals surface area contributed by atoms with Gasteiger partial charge in [0.15, 0.2) is 5.82 Å². The van der Waals surface area contributed by atoms with Gasteiger partial charge < -0.3 is 15.4 Å². The van der Waals surface area contributed by atoms with Crippen LogP contribution in [0.25, 0.3) is 16.9 Å². The molecule has 1 atom stereocenters. The van der Waals surface area contributed by atoms with Crippen molar-refractivity contribution in [2.75, 3.05) is 17.4 Å². The Morgan fingerprint density at radius 1 is 1.20 bits per heavy atom. The minimum Gasteiger partial charge on any atom is -0.483 e. The van der Waals surface area contributed by atoms with Crippen molar-refractivity contribution in [2.24, 2.45) is 5.10 Å². The average Bonchev–Trinajstić information content (AvgIpc) is 3.53. The fraction of sp³-hybridized carbons (Fsp3) is 0.280. The number of anilines is 2. The van der Waals surface area contributed by atoms with Crippen molar-refractivity contribution in [3.05, 3.63) is 58.9 Å². The van der Waals surface area contributed by atoms with Crippen molar-refractivity contribution >= 4 is 51.7 Å². The molecule has 0 radical (unpaired) electrons. The van der Waals surface area contributed by atoms with Crippen LogP contribution in [0, 0.1) is 19.1 Å². The second kappa shape index (κ2) is 11.0. The highest BCUT2D eigenvalue weighted by atomic mass is 35.5. The smallest absolute Gasteiger partial charge is 0.315 e. The van der Waals surface area contributed by atoms with Gasteiger partial charge in [0, 0.05) is 23.8 Å². The molecule has 0 saturated carbocycles. The lowest BCUT2D eigenvalue weighted by Crippen LogP contribution is -2.40. The third-order valence-electron chi connectivity index (χ3n) is 6.04. The Bertz CT molecular complexity index is 1690. The number of aromatic nitrogens is 6. The predicted molar refractivity (Wildman–Crippen MR) is 145 cm³/mol. The van der Waals surface area contributed by atoms with Gasteiger partial charge in [-0.25, -0.2) is 14.7 Å². The third-order valence-corrected chi connectivity index (χ3v) is 6.34. The Labute approximate surface area is 236 Å². The maximum absolute atomic E-state index is 13.7. The van der Waals surface area contributed by atoms with Crippen molar-refractivity contribution in [3.8, 4) is 5.95 Å². The number of ether oxygens (including phenoxy) is 1. The standard InChI is InChI=1S/C25H23ClF2N10O3/c1-11(2)30-22(40)17-18(12(3)8-13-10-37(36-19(13)17)25-33-23(27)32-24(28)34-25)31-21(39)15-9-16(41-4)35-38(15)20-14(26)6-5-7-29-20/h5-8,10-11,15H,9H2,1-4H3,(H,30,40)(H,31,39). The number of benzene rings is 1. The second-order valence-electron chi connectivity index (χ2n) is 9.32. The predicted octanol–water partition coefficient (Wildman–Crippen LogP) is 3.16. The van der Waals surface area contributed by atoms with Crippen LogP contribution < -0.4 is 15.6 Å². The van der Waals surface area contributed by atoms with E-state index in [-0.39, 0.29) is 46.0 Å². The van der Waals surface area contributed by atoms with E-state index in [1.54, 1.807) is 39.0 Å². The van der Waals surface area contributed by atoms with E-state index < -0.39 is 36.0 Å². The van der Waals surface area contributed by atoms with Gasteiger partial charge in [0.25, 0.3) is 11.9 Å². The highest BCUT2D eigenvalue weighted by Gasteiger charge is 2.37. The lowest BCUT2D eigenvalue weighted by atomic mass is 10.0. The molecule has 0 aliphatic carbocycles. The van der Waals surface area contributed by atoms with E-state index in [4.69, 9.17) is 16.3 Å².